The second kappa shape index (κ2) is 9.39. The number of nitrogens with zero attached hydrogens (tertiary/aromatic N) is 1. The topological polar surface area (TPSA) is 58.6 Å². The first-order chi connectivity index (χ1) is 11.6. The van der Waals surface area contributed by atoms with E-state index in [0.29, 0.717) is 30.5 Å². The van der Waals surface area contributed by atoms with Gasteiger partial charge in [0.2, 0.25) is 10.0 Å². The fourth-order valence-corrected chi connectivity index (χ4v) is 4.51. The smallest absolute Gasteiger partial charge is 0.243 e. The van der Waals surface area contributed by atoms with Crippen molar-refractivity contribution in [3.8, 4) is 5.75 Å². The molecule has 1 aliphatic heterocycles. The standard InChI is InChI=1S/C18H30N2O3S/c1-3-4-5-14-23-17-6-8-18(9-7-17)24(21,22)20-12-10-16(11-13-20)15-19-2/h6-9,16,19H,3-5,10-15H2,1-2H3. The molecule has 1 aromatic carbocycles. The molecule has 1 fully saturated rings. The quantitative estimate of drug-likeness (QED) is 0.693. The highest BCUT2D eigenvalue weighted by molar-refractivity contribution is 7.89. The summed E-state index contributed by atoms with van der Waals surface area (Å²) < 4.78 is 32.7. The van der Waals surface area contributed by atoms with Crippen molar-refractivity contribution in [3.63, 3.8) is 0 Å². The molecule has 0 atom stereocenters. The maximum absolute atomic E-state index is 12.7. The molecular weight excluding hydrogens is 324 g/mol. The first-order valence-corrected chi connectivity index (χ1v) is 10.4. The van der Waals surface area contributed by atoms with E-state index in [2.05, 4.69) is 12.2 Å². The molecule has 2 rings (SSSR count). The lowest BCUT2D eigenvalue weighted by Gasteiger charge is -2.31. The number of piperidine rings is 1. The van der Waals surface area contributed by atoms with E-state index < -0.39 is 10.0 Å². The zero-order chi connectivity index (χ0) is 17.4. The van der Waals surface area contributed by atoms with Crippen molar-refractivity contribution in [2.45, 2.75) is 43.9 Å². The van der Waals surface area contributed by atoms with Gasteiger partial charge in [0.25, 0.3) is 0 Å². The van der Waals surface area contributed by atoms with Gasteiger partial charge in [-0.05, 0) is 63.0 Å². The Hall–Kier alpha value is -1.11. The maximum Gasteiger partial charge on any atom is 0.243 e. The first kappa shape index (κ1) is 19.2. The van der Waals surface area contributed by atoms with Gasteiger partial charge in [0.1, 0.15) is 5.75 Å². The number of hydrogen-bond acceptors (Lipinski definition) is 4. The number of nitrogens with one attached hydrogen (secondary N) is 1. The molecule has 0 saturated carbocycles. The van der Waals surface area contributed by atoms with Crippen molar-refractivity contribution in [1.29, 1.82) is 0 Å². The summed E-state index contributed by atoms with van der Waals surface area (Å²) in [6.07, 6.45) is 5.16. The zero-order valence-electron chi connectivity index (χ0n) is 14.8. The van der Waals surface area contributed by atoms with Crippen LogP contribution >= 0.6 is 0 Å². The lowest BCUT2D eigenvalue weighted by atomic mass is 9.98. The predicted octanol–water partition coefficient (Wildman–Crippen LogP) is 2.88. The van der Waals surface area contributed by atoms with Gasteiger partial charge in [0.15, 0.2) is 0 Å². The van der Waals surface area contributed by atoms with Gasteiger partial charge in [0, 0.05) is 13.1 Å². The van der Waals surface area contributed by atoms with Crippen LogP contribution in [0.2, 0.25) is 0 Å². The Morgan fingerprint density at radius 2 is 1.83 bits per heavy atom. The van der Waals surface area contributed by atoms with Gasteiger partial charge >= 0.3 is 0 Å². The molecule has 0 spiro atoms. The first-order valence-electron chi connectivity index (χ1n) is 8.95. The van der Waals surface area contributed by atoms with E-state index in [-0.39, 0.29) is 0 Å². The summed E-state index contributed by atoms with van der Waals surface area (Å²) >= 11 is 0. The van der Waals surface area contributed by atoms with E-state index in [4.69, 9.17) is 4.74 Å². The third kappa shape index (κ3) is 5.19. The molecule has 0 aliphatic carbocycles. The van der Waals surface area contributed by atoms with Gasteiger partial charge in [-0.1, -0.05) is 19.8 Å². The van der Waals surface area contributed by atoms with Gasteiger partial charge < -0.3 is 10.1 Å². The van der Waals surface area contributed by atoms with Crippen LogP contribution in [-0.4, -0.2) is 46.0 Å². The number of rotatable bonds is 9. The zero-order valence-corrected chi connectivity index (χ0v) is 15.6. The molecule has 136 valence electrons. The molecule has 1 saturated heterocycles. The summed E-state index contributed by atoms with van der Waals surface area (Å²) in [5.74, 6) is 1.30. The highest BCUT2D eigenvalue weighted by atomic mass is 32.2. The Labute approximate surface area is 146 Å². The van der Waals surface area contributed by atoms with E-state index in [0.717, 1.165) is 44.4 Å². The van der Waals surface area contributed by atoms with Gasteiger partial charge in [-0.25, -0.2) is 8.42 Å². The SMILES string of the molecule is CCCCCOc1ccc(S(=O)(=O)N2CCC(CNC)CC2)cc1. The molecule has 24 heavy (non-hydrogen) atoms. The van der Waals surface area contributed by atoms with Crippen LogP contribution in [0.1, 0.15) is 39.0 Å². The highest BCUT2D eigenvalue weighted by Crippen LogP contribution is 2.25. The van der Waals surface area contributed by atoms with Gasteiger partial charge in [-0.15, -0.1) is 0 Å². The number of hydrogen-bond donors (Lipinski definition) is 1. The Kier molecular flexibility index (Phi) is 7.52. The van der Waals surface area contributed by atoms with E-state index in [1.54, 1.807) is 28.6 Å². The Morgan fingerprint density at radius 1 is 1.17 bits per heavy atom. The van der Waals surface area contributed by atoms with Crippen LogP contribution in [0.5, 0.6) is 5.75 Å². The lowest BCUT2D eigenvalue weighted by Crippen LogP contribution is -2.40. The third-order valence-corrected chi connectivity index (χ3v) is 6.46. The number of unbranched alkanes of at least 4 members (excludes halogenated alkanes) is 2. The number of benzene rings is 1. The summed E-state index contributed by atoms with van der Waals surface area (Å²) in [5.41, 5.74) is 0. The molecule has 1 aromatic rings. The lowest BCUT2D eigenvalue weighted by molar-refractivity contribution is 0.270. The monoisotopic (exact) mass is 354 g/mol. The second-order valence-corrected chi connectivity index (χ2v) is 8.37. The predicted molar refractivity (Wildman–Crippen MR) is 96.9 cm³/mol. The van der Waals surface area contributed by atoms with Crippen molar-refractivity contribution in [1.82, 2.24) is 9.62 Å². The van der Waals surface area contributed by atoms with Crippen LogP contribution in [0.4, 0.5) is 0 Å². The normalized spacial score (nSPS) is 17.1. The van der Waals surface area contributed by atoms with Crippen molar-refractivity contribution < 1.29 is 13.2 Å². The van der Waals surface area contributed by atoms with Crippen molar-refractivity contribution in [2.24, 2.45) is 5.92 Å². The average molecular weight is 355 g/mol. The molecule has 0 aromatic heterocycles. The molecule has 1 aliphatic rings. The number of sulfonamides is 1. The highest BCUT2D eigenvalue weighted by Gasteiger charge is 2.29. The summed E-state index contributed by atoms with van der Waals surface area (Å²) in [5, 5.41) is 3.17. The van der Waals surface area contributed by atoms with Crippen LogP contribution in [0.15, 0.2) is 29.2 Å². The van der Waals surface area contributed by atoms with Crippen molar-refractivity contribution >= 4 is 10.0 Å². The van der Waals surface area contributed by atoms with Crippen molar-refractivity contribution in [3.05, 3.63) is 24.3 Å². The van der Waals surface area contributed by atoms with Crippen LogP contribution in [0, 0.1) is 5.92 Å². The minimum Gasteiger partial charge on any atom is -0.494 e. The van der Waals surface area contributed by atoms with E-state index in [1.807, 2.05) is 7.05 Å². The minimum atomic E-state index is -3.39. The summed E-state index contributed by atoms with van der Waals surface area (Å²) in [6.45, 7) is 4.99. The summed E-state index contributed by atoms with van der Waals surface area (Å²) in [6, 6.07) is 6.83. The molecular formula is C18H30N2O3S. The fourth-order valence-electron chi connectivity index (χ4n) is 3.04. The molecule has 0 amide bonds. The molecule has 6 heteroatoms. The fraction of sp³-hybridized carbons (Fsp3) is 0.667. The van der Waals surface area contributed by atoms with E-state index >= 15 is 0 Å². The molecule has 0 bridgehead atoms. The van der Waals surface area contributed by atoms with Crippen LogP contribution in [-0.2, 0) is 10.0 Å². The van der Waals surface area contributed by atoms with Gasteiger partial charge in [0.05, 0.1) is 11.5 Å². The van der Waals surface area contributed by atoms with Gasteiger partial charge in [-0.3, -0.25) is 0 Å². The minimum absolute atomic E-state index is 0.357. The largest absolute Gasteiger partial charge is 0.494 e. The maximum atomic E-state index is 12.7. The summed E-state index contributed by atoms with van der Waals surface area (Å²) in [7, 11) is -1.45. The summed E-state index contributed by atoms with van der Waals surface area (Å²) in [4.78, 5) is 0.357. The van der Waals surface area contributed by atoms with Crippen molar-refractivity contribution in [2.75, 3.05) is 33.3 Å². The molecule has 5 nitrogen and oxygen atoms in total. The van der Waals surface area contributed by atoms with Gasteiger partial charge in [-0.2, -0.15) is 4.31 Å². The molecule has 1 heterocycles. The van der Waals surface area contributed by atoms with E-state index in [9.17, 15) is 8.42 Å². The average Bonchev–Trinajstić information content (AvgIpc) is 2.60. The number of ether oxygens (including phenoxy) is 1. The Balaban J connectivity index is 1.92. The van der Waals surface area contributed by atoms with E-state index in [1.165, 1.54) is 0 Å². The Morgan fingerprint density at radius 3 is 2.42 bits per heavy atom. The van der Waals surface area contributed by atoms with Crippen LogP contribution in [0.3, 0.4) is 0 Å². The molecule has 1 N–H and O–H groups in total. The van der Waals surface area contributed by atoms with Crippen LogP contribution in [0.25, 0.3) is 0 Å². The Bertz CT molecular complexity index is 579. The molecule has 0 radical (unpaired) electrons. The second-order valence-electron chi connectivity index (χ2n) is 6.43. The van der Waals surface area contributed by atoms with Crippen LogP contribution < -0.4 is 10.1 Å². The molecule has 0 unspecified atom stereocenters. The third-order valence-electron chi connectivity index (χ3n) is 4.54.